The molecule has 1 aromatic heterocycles. The molecular formula is C24H24N4O2S. The molecule has 2 amide bonds. The second kappa shape index (κ2) is 8.23. The zero-order chi connectivity index (χ0) is 21.4. The van der Waals surface area contributed by atoms with Gasteiger partial charge in [0.25, 0.3) is 5.91 Å². The summed E-state index contributed by atoms with van der Waals surface area (Å²) in [4.78, 5) is 32.2. The molecule has 1 saturated heterocycles. The SMILES string of the molecule is Cc1cccc(N2N=C(C(=O)N3CCC(c4nc5ccccc5s4)CC3)CCC2=O)c1. The molecule has 0 radical (unpaired) electrons. The molecule has 3 aromatic rings. The fourth-order valence-electron chi connectivity index (χ4n) is 4.25. The van der Waals surface area contributed by atoms with Crippen LogP contribution in [0.2, 0.25) is 0 Å². The van der Waals surface area contributed by atoms with Gasteiger partial charge in [-0.1, -0.05) is 24.3 Å². The Hall–Kier alpha value is -3.06. The Morgan fingerprint density at radius 3 is 2.65 bits per heavy atom. The van der Waals surface area contributed by atoms with E-state index in [1.54, 1.807) is 11.3 Å². The lowest BCUT2D eigenvalue weighted by molar-refractivity contribution is -0.125. The van der Waals surface area contributed by atoms with Crippen molar-refractivity contribution >= 4 is 44.8 Å². The number of hydrogen-bond donors (Lipinski definition) is 0. The highest BCUT2D eigenvalue weighted by Gasteiger charge is 2.31. The summed E-state index contributed by atoms with van der Waals surface area (Å²) in [5.41, 5.74) is 3.29. The topological polar surface area (TPSA) is 65.9 Å². The maximum absolute atomic E-state index is 13.1. The number of aryl methyl sites for hydroxylation is 1. The van der Waals surface area contributed by atoms with Crippen LogP contribution in [0.25, 0.3) is 10.2 Å². The van der Waals surface area contributed by atoms with Crippen LogP contribution < -0.4 is 5.01 Å². The number of para-hydroxylation sites is 1. The maximum atomic E-state index is 13.1. The lowest BCUT2D eigenvalue weighted by Gasteiger charge is -2.32. The highest BCUT2D eigenvalue weighted by molar-refractivity contribution is 7.18. The lowest BCUT2D eigenvalue weighted by Crippen LogP contribution is -2.44. The van der Waals surface area contributed by atoms with E-state index >= 15 is 0 Å². The molecule has 2 aromatic carbocycles. The number of nitrogens with zero attached hydrogens (tertiary/aromatic N) is 4. The predicted octanol–water partition coefficient (Wildman–Crippen LogP) is 4.49. The number of carbonyl (C=O) groups is 2. The monoisotopic (exact) mass is 432 g/mol. The molecule has 31 heavy (non-hydrogen) atoms. The van der Waals surface area contributed by atoms with Crippen LogP contribution in [0.15, 0.2) is 53.6 Å². The van der Waals surface area contributed by atoms with Gasteiger partial charge in [0.1, 0.15) is 5.71 Å². The Morgan fingerprint density at radius 1 is 1.06 bits per heavy atom. The highest BCUT2D eigenvalue weighted by Crippen LogP contribution is 2.34. The molecule has 0 N–H and O–H groups in total. The summed E-state index contributed by atoms with van der Waals surface area (Å²) in [5.74, 6) is 0.268. The van der Waals surface area contributed by atoms with Crippen molar-refractivity contribution in [2.45, 2.75) is 38.5 Å². The van der Waals surface area contributed by atoms with Crippen LogP contribution in [0.5, 0.6) is 0 Å². The summed E-state index contributed by atoms with van der Waals surface area (Å²) in [6.07, 6.45) is 2.51. The standard InChI is InChI=1S/C24H24N4O2S/c1-16-5-4-6-18(15-16)28-22(29)10-9-20(26-28)24(30)27-13-11-17(12-14-27)23-25-19-7-2-3-8-21(19)31-23/h2-8,15,17H,9-14H2,1H3. The average molecular weight is 433 g/mol. The molecule has 158 valence electrons. The molecule has 5 rings (SSSR count). The van der Waals surface area contributed by atoms with E-state index in [-0.39, 0.29) is 11.8 Å². The van der Waals surface area contributed by atoms with E-state index in [0.717, 1.165) is 23.9 Å². The number of fused-ring (bicyclic) bond motifs is 1. The molecule has 1 fully saturated rings. The second-order valence-electron chi connectivity index (χ2n) is 8.18. The Morgan fingerprint density at radius 2 is 1.87 bits per heavy atom. The number of piperidine rings is 1. The van der Waals surface area contributed by atoms with Gasteiger partial charge < -0.3 is 4.90 Å². The van der Waals surface area contributed by atoms with Crippen molar-refractivity contribution in [3.8, 4) is 0 Å². The predicted molar refractivity (Wildman–Crippen MR) is 124 cm³/mol. The Kier molecular flexibility index (Phi) is 5.28. The molecule has 0 aliphatic carbocycles. The van der Waals surface area contributed by atoms with Gasteiger partial charge in [-0.05, 0) is 49.6 Å². The van der Waals surface area contributed by atoms with Crippen molar-refractivity contribution in [2.24, 2.45) is 5.10 Å². The van der Waals surface area contributed by atoms with E-state index in [9.17, 15) is 9.59 Å². The first-order chi connectivity index (χ1) is 15.1. The number of thiazole rings is 1. The van der Waals surface area contributed by atoms with Gasteiger partial charge in [0, 0.05) is 31.8 Å². The van der Waals surface area contributed by atoms with E-state index in [4.69, 9.17) is 4.98 Å². The van der Waals surface area contributed by atoms with Crippen molar-refractivity contribution in [3.05, 3.63) is 59.1 Å². The van der Waals surface area contributed by atoms with Crippen molar-refractivity contribution in [2.75, 3.05) is 18.1 Å². The number of aromatic nitrogens is 1. The number of benzene rings is 2. The summed E-state index contributed by atoms with van der Waals surface area (Å²) in [6, 6.07) is 15.9. The third-order valence-electron chi connectivity index (χ3n) is 5.97. The van der Waals surface area contributed by atoms with E-state index in [0.29, 0.717) is 43.2 Å². The van der Waals surface area contributed by atoms with Gasteiger partial charge in [-0.15, -0.1) is 11.3 Å². The van der Waals surface area contributed by atoms with Gasteiger partial charge in [-0.2, -0.15) is 5.10 Å². The van der Waals surface area contributed by atoms with Crippen molar-refractivity contribution in [3.63, 3.8) is 0 Å². The first-order valence-electron chi connectivity index (χ1n) is 10.7. The summed E-state index contributed by atoms with van der Waals surface area (Å²) in [7, 11) is 0. The fourth-order valence-corrected chi connectivity index (χ4v) is 5.38. The number of likely N-dealkylation sites (tertiary alicyclic amines) is 1. The third kappa shape index (κ3) is 3.97. The first-order valence-corrected chi connectivity index (χ1v) is 11.5. The molecule has 2 aliphatic heterocycles. The largest absolute Gasteiger partial charge is 0.337 e. The Labute approximate surface area is 185 Å². The van der Waals surface area contributed by atoms with E-state index in [2.05, 4.69) is 17.2 Å². The number of hydrogen-bond acceptors (Lipinski definition) is 5. The molecule has 0 bridgehead atoms. The maximum Gasteiger partial charge on any atom is 0.270 e. The number of anilines is 1. The van der Waals surface area contributed by atoms with E-state index < -0.39 is 0 Å². The molecule has 0 spiro atoms. The molecule has 0 atom stereocenters. The van der Waals surface area contributed by atoms with Gasteiger partial charge in [0.2, 0.25) is 5.91 Å². The molecule has 6 nitrogen and oxygen atoms in total. The van der Waals surface area contributed by atoms with Crippen molar-refractivity contribution < 1.29 is 9.59 Å². The van der Waals surface area contributed by atoms with Crippen LogP contribution in [-0.2, 0) is 9.59 Å². The molecule has 7 heteroatoms. The fraction of sp³-hybridized carbons (Fsp3) is 0.333. The smallest absolute Gasteiger partial charge is 0.270 e. The van der Waals surface area contributed by atoms with Gasteiger partial charge in [-0.3, -0.25) is 9.59 Å². The third-order valence-corrected chi connectivity index (χ3v) is 7.17. The van der Waals surface area contributed by atoms with E-state index in [1.807, 2.05) is 48.2 Å². The zero-order valence-electron chi connectivity index (χ0n) is 17.5. The van der Waals surface area contributed by atoms with Crippen LogP contribution in [0.3, 0.4) is 0 Å². The van der Waals surface area contributed by atoms with Crippen molar-refractivity contribution in [1.29, 1.82) is 0 Å². The second-order valence-corrected chi connectivity index (χ2v) is 9.24. The van der Waals surface area contributed by atoms with Crippen LogP contribution in [0.4, 0.5) is 5.69 Å². The van der Waals surface area contributed by atoms with Crippen LogP contribution >= 0.6 is 11.3 Å². The normalized spacial score (nSPS) is 17.8. The highest BCUT2D eigenvalue weighted by atomic mass is 32.1. The van der Waals surface area contributed by atoms with Gasteiger partial charge in [0.05, 0.1) is 20.9 Å². The number of amides is 2. The minimum Gasteiger partial charge on any atom is -0.337 e. The average Bonchev–Trinajstić information content (AvgIpc) is 3.23. The number of carbonyl (C=O) groups excluding carboxylic acids is 2. The summed E-state index contributed by atoms with van der Waals surface area (Å²) >= 11 is 1.76. The minimum atomic E-state index is -0.0725. The molecule has 0 unspecified atom stereocenters. The van der Waals surface area contributed by atoms with Crippen LogP contribution in [0.1, 0.15) is 42.2 Å². The van der Waals surface area contributed by atoms with Crippen LogP contribution in [0, 0.1) is 6.92 Å². The first kappa shape index (κ1) is 19.9. The zero-order valence-corrected chi connectivity index (χ0v) is 18.3. The molecule has 0 saturated carbocycles. The summed E-state index contributed by atoms with van der Waals surface area (Å²) in [5, 5.41) is 7.01. The van der Waals surface area contributed by atoms with Gasteiger partial charge in [0.15, 0.2) is 0 Å². The lowest BCUT2D eigenvalue weighted by atomic mass is 9.97. The minimum absolute atomic E-state index is 0.0482. The van der Waals surface area contributed by atoms with Crippen molar-refractivity contribution in [1.82, 2.24) is 9.88 Å². The van der Waals surface area contributed by atoms with E-state index in [1.165, 1.54) is 14.7 Å². The van der Waals surface area contributed by atoms with Gasteiger partial charge in [-0.25, -0.2) is 9.99 Å². The quantitative estimate of drug-likeness (QED) is 0.612. The van der Waals surface area contributed by atoms with Crippen LogP contribution in [-0.4, -0.2) is 40.5 Å². The summed E-state index contributed by atoms with van der Waals surface area (Å²) < 4.78 is 1.22. The molecular weight excluding hydrogens is 408 g/mol. The Bertz CT molecular complexity index is 1140. The molecule has 3 heterocycles. The number of rotatable bonds is 3. The van der Waals surface area contributed by atoms with Gasteiger partial charge >= 0.3 is 0 Å². The summed E-state index contributed by atoms with van der Waals surface area (Å²) in [6.45, 7) is 3.36. The Balaban J connectivity index is 1.28. The number of hydrazone groups is 1. The molecule has 2 aliphatic rings.